The summed E-state index contributed by atoms with van der Waals surface area (Å²) < 4.78 is 39.7. The van der Waals surface area contributed by atoms with Crippen molar-refractivity contribution in [2.45, 2.75) is 50.7 Å². The number of hydrogen-bond donors (Lipinski definition) is 1. The Balaban J connectivity index is 1.68. The Morgan fingerprint density at radius 3 is 2.36 bits per heavy atom. The van der Waals surface area contributed by atoms with Gasteiger partial charge in [-0.2, -0.15) is 13.2 Å². The van der Waals surface area contributed by atoms with Crippen LogP contribution in [0.4, 0.5) is 13.2 Å². The SMILES string of the molecule is O=C(C1CC(=O)N(C2CCCC2)C1)N1CCC(C(=O)O)(C(F)(F)F)C1. The first-order valence-corrected chi connectivity index (χ1v) is 8.54. The van der Waals surface area contributed by atoms with Crippen molar-refractivity contribution >= 4 is 17.8 Å². The van der Waals surface area contributed by atoms with E-state index in [-0.39, 0.29) is 31.5 Å². The number of alkyl halides is 3. The number of nitrogens with zero attached hydrogens (tertiary/aromatic N) is 2. The first kappa shape index (κ1) is 18.0. The zero-order valence-corrected chi connectivity index (χ0v) is 13.7. The lowest BCUT2D eigenvalue weighted by atomic mass is 9.86. The minimum absolute atomic E-state index is 0.00206. The fourth-order valence-corrected chi connectivity index (χ4v) is 4.25. The smallest absolute Gasteiger partial charge is 0.406 e. The Bertz CT molecular complexity index is 588. The lowest BCUT2D eigenvalue weighted by Crippen LogP contribution is -2.48. The highest BCUT2D eigenvalue weighted by Crippen LogP contribution is 2.46. The van der Waals surface area contributed by atoms with Crippen LogP contribution in [-0.2, 0) is 14.4 Å². The molecule has 9 heteroatoms. The number of carboxylic acids is 1. The summed E-state index contributed by atoms with van der Waals surface area (Å²) in [6.07, 6.45) is -1.71. The minimum Gasteiger partial charge on any atom is -0.481 e. The third kappa shape index (κ3) is 2.97. The molecule has 2 amide bonds. The predicted molar refractivity (Wildman–Crippen MR) is 79.4 cm³/mol. The Kier molecular flexibility index (Phi) is 4.45. The summed E-state index contributed by atoms with van der Waals surface area (Å²) in [4.78, 5) is 38.6. The number of carbonyl (C=O) groups is 3. The second-order valence-corrected chi connectivity index (χ2v) is 7.28. The molecule has 140 valence electrons. The molecule has 3 rings (SSSR count). The van der Waals surface area contributed by atoms with E-state index in [1.807, 2.05) is 0 Å². The molecule has 25 heavy (non-hydrogen) atoms. The Morgan fingerprint density at radius 2 is 1.84 bits per heavy atom. The first-order chi connectivity index (χ1) is 11.7. The molecule has 1 N–H and O–H groups in total. The average molecular weight is 362 g/mol. The van der Waals surface area contributed by atoms with Crippen LogP contribution >= 0.6 is 0 Å². The molecule has 2 unspecified atom stereocenters. The van der Waals surface area contributed by atoms with E-state index in [0.717, 1.165) is 30.6 Å². The Labute approximate surface area is 142 Å². The van der Waals surface area contributed by atoms with Crippen LogP contribution in [0.2, 0.25) is 0 Å². The van der Waals surface area contributed by atoms with Gasteiger partial charge in [-0.25, -0.2) is 0 Å². The lowest BCUT2D eigenvalue weighted by molar-refractivity contribution is -0.227. The highest BCUT2D eigenvalue weighted by Gasteiger charge is 2.64. The van der Waals surface area contributed by atoms with Crippen LogP contribution in [0.1, 0.15) is 38.5 Å². The van der Waals surface area contributed by atoms with E-state index < -0.39 is 42.4 Å². The zero-order chi connectivity index (χ0) is 18.4. The van der Waals surface area contributed by atoms with Crippen molar-refractivity contribution in [1.29, 1.82) is 0 Å². The van der Waals surface area contributed by atoms with Gasteiger partial charge in [0.15, 0.2) is 5.41 Å². The predicted octanol–water partition coefficient (Wildman–Crippen LogP) is 1.64. The van der Waals surface area contributed by atoms with Gasteiger partial charge in [0.05, 0.1) is 5.92 Å². The van der Waals surface area contributed by atoms with Gasteiger partial charge in [0.25, 0.3) is 0 Å². The summed E-state index contributed by atoms with van der Waals surface area (Å²) >= 11 is 0. The summed E-state index contributed by atoms with van der Waals surface area (Å²) in [5.41, 5.74) is -2.91. The van der Waals surface area contributed by atoms with E-state index in [2.05, 4.69) is 0 Å². The van der Waals surface area contributed by atoms with Gasteiger partial charge in [0.2, 0.25) is 11.8 Å². The van der Waals surface area contributed by atoms with E-state index in [4.69, 9.17) is 5.11 Å². The number of carboxylic acid groups (broad SMARTS) is 1. The number of amides is 2. The molecule has 0 spiro atoms. The molecule has 2 heterocycles. The van der Waals surface area contributed by atoms with E-state index in [9.17, 15) is 27.6 Å². The fourth-order valence-electron chi connectivity index (χ4n) is 4.25. The third-order valence-corrected chi connectivity index (χ3v) is 5.81. The molecule has 0 aromatic carbocycles. The summed E-state index contributed by atoms with van der Waals surface area (Å²) in [5, 5.41) is 9.07. The summed E-state index contributed by atoms with van der Waals surface area (Å²) in [7, 11) is 0. The average Bonchev–Trinajstić information content (AvgIpc) is 3.24. The first-order valence-electron chi connectivity index (χ1n) is 8.54. The van der Waals surface area contributed by atoms with Crippen LogP contribution in [0.3, 0.4) is 0 Å². The molecular weight excluding hydrogens is 341 g/mol. The van der Waals surface area contributed by atoms with Crippen molar-refractivity contribution < 1.29 is 32.7 Å². The van der Waals surface area contributed by atoms with Crippen molar-refractivity contribution in [3.05, 3.63) is 0 Å². The standard InChI is InChI=1S/C16H21F3N2O4/c17-16(18,19)15(14(24)25)5-6-20(9-15)13(23)10-7-12(22)21(8-10)11-3-1-2-4-11/h10-11H,1-9H2,(H,24,25). The Hall–Kier alpha value is -1.80. The van der Waals surface area contributed by atoms with Gasteiger partial charge in [0, 0.05) is 32.1 Å². The number of hydrogen-bond acceptors (Lipinski definition) is 3. The summed E-state index contributed by atoms with van der Waals surface area (Å²) in [6.45, 7) is -0.900. The van der Waals surface area contributed by atoms with Crippen LogP contribution in [0.15, 0.2) is 0 Å². The van der Waals surface area contributed by atoms with E-state index in [1.165, 1.54) is 0 Å². The van der Waals surface area contributed by atoms with Gasteiger partial charge in [-0.15, -0.1) is 0 Å². The van der Waals surface area contributed by atoms with Crippen molar-refractivity contribution in [3.63, 3.8) is 0 Å². The van der Waals surface area contributed by atoms with Gasteiger partial charge < -0.3 is 14.9 Å². The molecule has 2 saturated heterocycles. The minimum atomic E-state index is -4.92. The number of rotatable bonds is 3. The zero-order valence-electron chi connectivity index (χ0n) is 13.7. The number of carbonyl (C=O) groups excluding carboxylic acids is 2. The Morgan fingerprint density at radius 1 is 1.20 bits per heavy atom. The van der Waals surface area contributed by atoms with E-state index in [0.29, 0.717) is 0 Å². The molecule has 6 nitrogen and oxygen atoms in total. The molecule has 1 aliphatic carbocycles. The van der Waals surface area contributed by atoms with Crippen molar-refractivity contribution in [3.8, 4) is 0 Å². The maximum Gasteiger partial charge on any atom is 0.406 e. The highest BCUT2D eigenvalue weighted by atomic mass is 19.4. The molecule has 0 radical (unpaired) electrons. The molecule has 0 aromatic rings. The van der Waals surface area contributed by atoms with Crippen LogP contribution in [0, 0.1) is 11.3 Å². The molecule has 1 saturated carbocycles. The van der Waals surface area contributed by atoms with Crippen LogP contribution in [0.5, 0.6) is 0 Å². The van der Waals surface area contributed by atoms with Gasteiger partial charge >= 0.3 is 12.1 Å². The molecule has 2 atom stereocenters. The quantitative estimate of drug-likeness (QED) is 0.828. The maximum atomic E-state index is 13.2. The molecule has 3 aliphatic rings. The third-order valence-electron chi connectivity index (χ3n) is 5.81. The maximum absolute atomic E-state index is 13.2. The van der Waals surface area contributed by atoms with Crippen molar-refractivity contribution in [1.82, 2.24) is 9.80 Å². The number of likely N-dealkylation sites (tertiary alicyclic amines) is 2. The van der Waals surface area contributed by atoms with Crippen LogP contribution < -0.4 is 0 Å². The highest BCUT2D eigenvalue weighted by molar-refractivity contribution is 5.90. The summed E-state index contributed by atoms with van der Waals surface area (Å²) in [5.74, 6) is -3.30. The number of aliphatic carboxylic acids is 1. The van der Waals surface area contributed by atoms with Crippen LogP contribution in [0.25, 0.3) is 0 Å². The molecule has 0 aromatic heterocycles. The van der Waals surface area contributed by atoms with Gasteiger partial charge in [0.1, 0.15) is 0 Å². The van der Waals surface area contributed by atoms with Crippen molar-refractivity contribution in [2.75, 3.05) is 19.6 Å². The normalized spacial score (nSPS) is 31.2. The fraction of sp³-hybridized carbons (Fsp3) is 0.812. The van der Waals surface area contributed by atoms with Gasteiger partial charge in [-0.1, -0.05) is 12.8 Å². The largest absolute Gasteiger partial charge is 0.481 e. The van der Waals surface area contributed by atoms with E-state index >= 15 is 0 Å². The second kappa shape index (κ2) is 6.17. The topological polar surface area (TPSA) is 77.9 Å². The lowest BCUT2D eigenvalue weighted by Gasteiger charge is -2.28. The molecule has 2 aliphatic heterocycles. The number of halogens is 3. The summed E-state index contributed by atoms with van der Waals surface area (Å²) in [6, 6.07) is 0.122. The molecule has 0 bridgehead atoms. The van der Waals surface area contributed by atoms with Gasteiger partial charge in [-0.05, 0) is 19.3 Å². The molecular formula is C16H21F3N2O4. The van der Waals surface area contributed by atoms with Gasteiger partial charge in [-0.3, -0.25) is 14.4 Å². The van der Waals surface area contributed by atoms with Crippen molar-refractivity contribution in [2.24, 2.45) is 11.3 Å². The monoisotopic (exact) mass is 362 g/mol. The van der Waals surface area contributed by atoms with E-state index in [1.54, 1.807) is 4.90 Å². The molecule has 3 fully saturated rings. The second-order valence-electron chi connectivity index (χ2n) is 7.28. The van der Waals surface area contributed by atoms with Crippen LogP contribution in [-0.4, -0.2) is 64.5 Å².